The molecule has 0 atom stereocenters. The van der Waals surface area contributed by atoms with E-state index in [2.05, 4.69) is 26.8 Å². The maximum atomic E-state index is 13.4. The fraction of sp³-hybridized carbons (Fsp3) is 0.267. The summed E-state index contributed by atoms with van der Waals surface area (Å²) in [6.45, 7) is 10.6. The minimum Gasteiger partial charge on any atom is -0.497 e. The van der Waals surface area contributed by atoms with Crippen molar-refractivity contribution in [3.8, 4) is 22.8 Å². The van der Waals surface area contributed by atoms with E-state index >= 15 is 0 Å². The molecule has 0 amide bonds. The zero-order valence-corrected chi connectivity index (χ0v) is 20.7. The van der Waals surface area contributed by atoms with Crippen LogP contribution in [0.3, 0.4) is 0 Å². The minimum absolute atomic E-state index is 0.0739. The Morgan fingerprint density at radius 1 is 0.941 bits per heavy atom. The van der Waals surface area contributed by atoms with Gasteiger partial charge in [-0.1, -0.05) is 56.7 Å². The molecule has 1 heterocycles. The summed E-state index contributed by atoms with van der Waals surface area (Å²) in [5.74, 6) is 0.862. The number of methoxy groups -OCH3 is 1. The van der Waals surface area contributed by atoms with Crippen molar-refractivity contribution in [3.05, 3.63) is 89.0 Å². The number of rotatable bonds is 6. The molecule has 0 saturated carbocycles. The van der Waals surface area contributed by atoms with Crippen LogP contribution in [0, 0.1) is 13.8 Å². The molecule has 0 aliphatic rings. The van der Waals surface area contributed by atoms with E-state index in [1.807, 2.05) is 74.5 Å². The van der Waals surface area contributed by atoms with E-state index in [1.54, 1.807) is 7.11 Å². The Balaban J connectivity index is 1.78. The number of aryl methyl sites for hydroxylation is 2. The van der Waals surface area contributed by atoms with Crippen molar-refractivity contribution in [1.29, 1.82) is 0 Å². The molecule has 0 aliphatic carbocycles. The number of hydrogen-bond donors (Lipinski definition) is 0. The number of ether oxygens (including phenoxy) is 2. The molecule has 0 saturated heterocycles. The maximum Gasteiger partial charge on any atom is 0.344 e. The molecule has 0 unspecified atom stereocenters. The molecule has 1 aromatic heterocycles. The van der Waals surface area contributed by atoms with Crippen molar-refractivity contribution in [2.45, 2.75) is 46.5 Å². The SMILES string of the molecule is CCC(C)(C)c1ccc(OC(=O)c2cc(-c3cccc(OC)c3)nc3c(C)cc(C)cc23)cc1. The van der Waals surface area contributed by atoms with Gasteiger partial charge in [0.1, 0.15) is 11.5 Å². The van der Waals surface area contributed by atoms with Crippen LogP contribution in [0.25, 0.3) is 22.2 Å². The molecule has 34 heavy (non-hydrogen) atoms. The average Bonchev–Trinajstić information content (AvgIpc) is 2.83. The second kappa shape index (κ2) is 9.30. The zero-order chi connectivity index (χ0) is 24.5. The van der Waals surface area contributed by atoms with Crippen LogP contribution in [0.15, 0.2) is 66.7 Å². The number of nitrogens with zero attached hydrogens (tertiary/aromatic N) is 1. The van der Waals surface area contributed by atoms with E-state index in [9.17, 15) is 4.79 Å². The third-order valence-corrected chi connectivity index (χ3v) is 6.56. The third-order valence-electron chi connectivity index (χ3n) is 6.56. The molecule has 4 heteroatoms. The number of fused-ring (bicyclic) bond motifs is 1. The molecular weight excluding hydrogens is 422 g/mol. The number of benzene rings is 3. The molecule has 0 N–H and O–H groups in total. The first kappa shape index (κ1) is 23.5. The lowest BCUT2D eigenvalue weighted by atomic mass is 9.82. The first-order chi connectivity index (χ1) is 16.2. The van der Waals surface area contributed by atoms with Crippen LogP contribution in [-0.2, 0) is 5.41 Å². The van der Waals surface area contributed by atoms with Crippen LogP contribution in [0.5, 0.6) is 11.5 Å². The van der Waals surface area contributed by atoms with Crippen molar-refractivity contribution < 1.29 is 14.3 Å². The molecule has 3 aromatic carbocycles. The smallest absolute Gasteiger partial charge is 0.344 e. The lowest BCUT2D eigenvalue weighted by molar-refractivity contribution is 0.0736. The minimum atomic E-state index is -0.399. The molecule has 0 spiro atoms. The summed E-state index contributed by atoms with van der Waals surface area (Å²) in [6, 6.07) is 21.4. The molecule has 4 aromatic rings. The van der Waals surface area contributed by atoms with Gasteiger partial charge in [-0.05, 0) is 73.2 Å². The highest BCUT2D eigenvalue weighted by atomic mass is 16.5. The molecule has 0 bridgehead atoms. The van der Waals surface area contributed by atoms with Gasteiger partial charge in [-0.15, -0.1) is 0 Å². The van der Waals surface area contributed by atoms with Crippen LogP contribution in [0.1, 0.15) is 54.2 Å². The van der Waals surface area contributed by atoms with E-state index in [4.69, 9.17) is 14.5 Å². The number of esters is 1. The number of carbonyl (C=O) groups is 1. The van der Waals surface area contributed by atoms with Crippen LogP contribution in [-0.4, -0.2) is 18.1 Å². The van der Waals surface area contributed by atoms with Gasteiger partial charge in [0, 0.05) is 10.9 Å². The van der Waals surface area contributed by atoms with Gasteiger partial charge in [0.15, 0.2) is 0 Å². The number of aromatic nitrogens is 1. The van der Waals surface area contributed by atoms with Crippen LogP contribution < -0.4 is 9.47 Å². The standard InChI is InChI=1S/C30H31NO3/c1-7-30(4,5)22-11-13-23(14-12-22)34-29(32)26-18-27(21-9-8-10-24(17-21)33-6)31-28-20(3)15-19(2)16-25(26)28/h8-18H,7H2,1-6H3. The molecule has 4 nitrogen and oxygen atoms in total. The normalized spacial score (nSPS) is 11.5. The molecule has 174 valence electrons. The molecule has 4 rings (SSSR count). The van der Waals surface area contributed by atoms with Gasteiger partial charge in [-0.2, -0.15) is 0 Å². The number of pyridine rings is 1. The van der Waals surface area contributed by atoms with Gasteiger partial charge in [0.25, 0.3) is 0 Å². The lowest BCUT2D eigenvalue weighted by Gasteiger charge is -2.23. The van der Waals surface area contributed by atoms with Crippen LogP contribution >= 0.6 is 0 Å². The second-order valence-corrected chi connectivity index (χ2v) is 9.42. The summed E-state index contributed by atoms with van der Waals surface area (Å²) in [7, 11) is 1.63. The van der Waals surface area contributed by atoms with Crippen molar-refractivity contribution in [1.82, 2.24) is 4.98 Å². The van der Waals surface area contributed by atoms with Gasteiger partial charge >= 0.3 is 5.97 Å². The summed E-state index contributed by atoms with van der Waals surface area (Å²) in [5, 5.41) is 0.790. The molecular formula is C30H31NO3. The maximum absolute atomic E-state index is 13.4. The van der Waals surface area contributed by atoms with Gasteiger partial charge in [-0.3, -0.25) is 0 Å². The third kappa shape index (κ3) is 4.67. The Labute approximate surface area is 201 Å². The zero-order valence-electron chi connectivity index (χ0n) is 20.7. The van der Waals surface area contributed by atoms with E-state index in [0.29, 0.717) is 17.0 Å². The van der Waals surface area contributed by atoms with E-state index in [-0.39, 0.29) is 5.41 Å². The Bertz CT molecular complexity index is 1350. The van der Waals surface area contributed by atoms with Gasteiger partial charge in [0.05, 0.1) is 23.9 Å². The Hall–Kier alpha value is -3.66. The van der Waals surface area contributed by atoms with Crippen molar-refractivity contribution in [3.63, 3.8) is 0 Å². The van der Waals surface area contributed by atoms with Crippen molar-refractivity contribution >= 4 is 16.9 Å². The molecule has 0 fully saturated rings. The highest BCUT2D eigenvalue weighted by molar-refractivity contribution is 6.06. The van der Waals surface area contributed by atoms with Crippen molar-refractivity contribution in [2.24, 2.45) is 0 Å². The highest BCUT2D eigenvalue weighted by Gasteiger charge is 2.20. The fourth-order valence-electron chi connectivity index (χ4n) is 4.12. The van der Waals surface area contributed by atoms with Gasteiger partial charge < -0.3 is 9.47 Å². The van der Waals surface area contributed by atoms with Crippen LogP contribution in [0.4, 0.5) is 0 Å². The number of carbonyl (C=O) groups excluding carboxylic acids is 1. The Morgan fingerprint density at radius 3 is 2.35 bits per heavy atom. The van der Waals surface area contributed by atoms with Gasteiger partial charge in [-0.25, -0.2) is 9.78 Å². The van der Waals surface area contributed by atoms with Crippen LogP contribution in [0.2, 0.25) is 0 Å². The lowest BCUT2D eigenvalue weighted by Crippen LogP contribution is -2.15. The van der Waals surface area contributed by atoms with Crippen molar-refractivity contribution in [2.75, 3.05) is 7.11 Å². The average molecular weight is 454 g/mol. The van der Waals surface area contributed by atoms with E-state index in [0.717, 1.165) is 39.8 Å². The summed E-state index contributed by atoms with van der Waals surface area (Å²) >= 11 is 0. The van der Waals surface area contributed by atoms with Gasteiger partial charge in [0.2, 0.25) is 0 Å². The molecule has 0 aliphatic heterocycles. The topological polar surface area (TPSA) is 48.4 Å². The summed E-state index contributed by atoms with van der Waals surface area (Å²) in [4.78, 5) is 18.3. The first-order valence-corrected chi connectivity index (χ1v) is 11.6. The summed E-state index contributed by atoms with van der Waals surface area (Å²) in [6.07, 6.45) is 1.03. The predicted octanol–water partition coefficient (Wildman–Crippen LogP) is 7.43. The van der Waals surface area contributed by atoms with E-state index in [1.165, 1.54) is 5.56 Å². The molecule has 0 radical (unpaired) electrons. The quantitative estimate of drug-likeness (QED) is 0.225. The Kier molecular flexibility index (Phi) is 6.43. The summed E-state index contributed by atoms with van der Waals surface area (Å²) < 4.78 is 11.2. The monoisotopic (exact) mass is 453 g/mol. The largest absolute Gasteiger partial charge is 0.497 e. The van der Waals surface area contributed by atoms with E-state index < -0.39 is 5.97 Å². The predicted molar refractivity (Wildman–Crippen MR) is 138 cm³/mol. The highest BCUT2D eigenvalue weighted by Crippen LogP contribution is 2.31. The first-order valence-electron chi connectivity index (χ1n) is 11.6. The summed E-state index contributed by atoms with van der Waals surface area (Å²) in [5.41, 5.74) is 6.24. The number of hydrogen-bond acceptors (Lipinski definition) is 4. The Morgan fingerprint density at radius 2 is 1.68 bits per heavy atom. The second-order valence-electron chi connectivity index (χ2n) is 9.42. The fourth-order valence-corrected chi connectivity index (χ4v) is 4.12.